The van der Waals surface area contributed by atoms with E-state index in [-0.39, 0.29) is 6.04 Å². The van der Waals surface area contributed by atoms with Crippen LogP contribution in [0.2, 0.25) is 5.15 Å². The topological polar surface area (TPSA) is 25.2 Å². The number of fused-ring (bicyclic) bond motifs is 1. The molecule has 3 heteroatoms. The van der Waals surface area contributed by atoms with Crippen LogP contribution in [0.3, 0.4) is 0 Å². The van der Waals surface area contributed by atoms with E-state index in [0.717, 1.165) is 16.5 Å². The summed E-state index contributed by atoms with van der Waals surface area (Å²) in [6, 6.07) is 20.2. The van der Waals surface area contributed by atoms with Crippen molar-refractivity contribution in [1.29, 1.82) is 0 Å². The van der Waals surface area contributed by atoms with Crippen LogP contribution in [0.4, 0.5) is 0 Å². The number of para-hydroxylation sites is 1. The molecule has 0 N–H and O–H groups in total. The minimum absolute atomic E-state index is 0.0914. The summed E-state index contributed by atoms with van der Waals surface area (Å²) in [5, 5.41) is 1.55. The zero-order valence-electron chi connectivity index (χ0n) is 11.7. The maximum absolute atomic E-state index is 6.23. The molecular weight excluding hydrogens is 280 g/mol. The van der Waals surface area contributed by atoms with Gasteiger partial charge < -0.3 is 0 Å². The first-order valence-corrected chi connectivity index (χ1v) is 7.25. The van der Waals surface area contributed by atoms with Gasteiger partial charge in [0.25, 0.3) is 0 Å². The zero-order chi connectivity index (χ0) is 14.7. The highest BCUT2D eigenvalue weighted by molar-refractivity contribution is 6.32. The third-order valence-corrected chi connectivity index (χ3v) is 3.73. The van der Waals surface area contributed by atoms with Crippen LogP contribution in [-0.2, 0) is 0 Å². The highest BCUT2D eigenvalue weighted by Crippen LogP contribution is 2.21. The Morgan fingerprint density at radius 1 is 1.05 bits per heavy atom. The lowest BCUT2D eigenvalue weighted by Crippen LogP contribution is -1.93. The average Bonchev–Trinajstić information content (AvgIpc) is 2.53. The zero-order valence-corrected chi connectivity index (χ0v) is 12.5. The molecule has 3 aromatic rings. The van der Waals surface area contributed by atoms with Crippen LogP contribution >= 0.6 is 11.6 Å². The van der Waals surface area contributed by atoms with Gasteiger partial charge in [-0.15, -0.1) is 0 Å². The summed E-state index contributed by atoms with van der Waals surface area (Å²) in [7, 11) is 0. The summed E-state index contributed by atoms with van der Waals surface area (Å²) in [6.45, 7) is 2.06. The summed E-state index contributed by atoms with van der Waals surface area (Å²) in [4.78, 5) is 8.98. The molecule has 0 spiro atoms. The van der Waals surface area contributed by atoms with Crippen molar-refractivity contribution in [1.82, 2.24) is 4.98 Å². The van der Waals surface area contributed by atoms with Gasteiger partial charge in [0.2, 0.25) is 0 Å². The minimum atomic E-state index is 0.0914. The van der Waals surface area contributed by atoms with Crippen molar-refractivity contribution < 1.29 is 0 Å². The fraction of sp³-hybridized carbons (Fsp3) is 0.111. The molecule has 0 bridgehead atoms. The van der Waals surface area contributed by atoms with Crippen molar-refractivity contribution in [2.24, 2.45) is 4.99 Å². The molecule has 0 aliphatic rings. The molecule has 0 unspecified atom stereocenters. The second-order valence-electron chi connectivity index (χ2n) is 4.93. The van der Waals surface area contributed by atoms with Crippen LogP contribution in [0.25, 0.3) is 10.9 Å². The van der Waals surface area contributed by atoms with E-state index in [2.05, 4.69) is 29.0 Å². The van der Waals surface area contributed by atoms with Crippen molar-refractivity contribution >= 4 is 28.7 Å². The van der Waals surface area contributed by atoms with Gasteiger partial charge in [0.15, 0.2) is 0 Å². The summed E-state index contributed by atoms with van der Waals surface area (Å²) in [6.07, 6.45) is 1.80. The number of aromatic nitrogens is 1. The molecule has 2 nitrogen and oxygen atoms in total. The standard InChI is InChI=1S/C18H15ClN2/c1-13(14-7-3-2-4-8-14)20-12-16-11-15-9-5-6-10-17(15)21-18(16)19/h2-13H,1H3/t13-/m1/s1. The Labute approximate surface area is 129 Å². The fourth-order valence-electron chi connectivity index (χ4n) is 2.21. The molecule has 3 rings (SSSR count). The molecule has 104 valence electrons. The minimum Gasteiger partial charge on any atom is -0.285 e. The van der Waals surface area contributed by atoms with Crippen LogP contribution in [-0.4, -0.2) is 11.2 Å². The molecule has 1 aromatic heterocycles. The van der Waals surface area contributed by atoms with Crippen molar-refractivity contribution in [3.05, 3.63) is 76.9 Å². The Morgan fingerprint density at radius 3 is 2.57 bits per heavy atom. The molecule has 1 heterocycles. The van der Waals surface area contributed by atoms with Crippen molar-refractivity contribution in [2.75, 3.05) is 0 Å². The number of hydrogen-bond acceptors (Lipinski definition) is 2. The quantitative estimate of drug-likeness (QED) is 0.489. The number of hydrogen-bond donors (Lipinski definition) is 0. The second-order valence-corrected chi connectivity index (χ2v) is 5.28. The van der Waals surface area contributed by atoms with E-state index in [1.54, 1.807) is 6.21 Å². The van der Waals surface area contributed by atoms with Crippen LogP contribution in [0, 0.1) is 0 Å². The SMILES string of the molecule is C[C@@H](N=Cc1cc2ccccc2nc1Cl)c1ccccc1. The predicted octanol–water partition coefficient (Wildman–Crippen LogP) is 5.07. The molecule has 0 radical (unpaired) electrons. The Balaban J connectivity index is 1.90. The van der Waals surface area contributed by atoms with E-state index in [4.69, 9.17) is 11.6 Å². The normalized spacial score (nSPS) is 12.9. The van der Waals surface area contributed by atoms with Crippen molar-refractivity contribution in [3.63, 3.8) is 0 Å². The Morgan fingerprint density at radius 2 is 1.76 bits per heavy atom. The Kier molecular flexibility index (Phi) is 3.98. The smallest absolute Gasteiger partial charge is 0.138 e. The van der Waals surface area contributed by atoms with E-state index >= 15 is 0 Å². The lowest BCUT2D eigenvalue weighted by molar-refractivity contribution is 0.825. The third kappa shape index (κ3) is 3.11. The number of benzene rings is 2. The third-order valence-electron chi connectivity index (χ3n) is 3.42. The predicted molar refractivity (Wildman–Crippen MR) is 89.2 cm³/mol. The summed E-state index contributed by atoms with van der Waals surface area (Å²) >= 11 is 6.23. The summed E-state index contributed by atoms with van der Waals surface area (Å²) in [5.41, 5.74) is 2.92. The molecule has 0 saturated carbocycles. The lowest BCUT2D eigenvalue weighted by Gasteiger charge is -2.06. The molecular formula is C18H15ClN2. The first kappa shape index (κ1) is 13.8. The number of nitrogens with zero attached hydrogens (tertiary/aromatic N) is 2. The van der Waals surface area contributed by atoms with Gasteiger partial charge in [-0.3, -0.25) is 4.99 Å². The van der Waals surface area contributed by atoms with Crippen LogP contribution in [0.5, 0.6) is 0 Å². The first-order valence-electron chi connectivity index (χ1n) is 6.87. The van der Waals surface area contributed by atoms with Crippen LogP contribution in [0.15, 0.2) is 65.7 Å². The van der Waals surface area contributed by atoms with Gasteiger partial charge in [-0.1, -0.05) is 60.1 Å². The van der Waals surface area contributed by atoms with Gasteiger partial charge in [0.1, 0.15) is 5.15 Å². The average molecular weight is 295 g/mol. The number of halogens is 1. The molecule has 0 aliphatic carbocycles. The summed E-state index contributed by atoms with van der Waals surface area (Å²) < 4.78 is 0. The molecule has 2 aromatic carbocycles. The van der Waals surface area contributed by atoms with Gasteiger partial charge in [-0.05, 0) is 24.6 Å². The fourth-order valence-corrected chi connectivity index (χ4v) is 2.40. The van der Waals surface area contributed by atoms with Crippen molar-refractivity contribution in [2.45, 2.75) is 13.0 Å². The van der Waals surface area contributed by atoms with Gasteiger partial charge in [-0.2, -0.15) is 0 Å². The number of pyridine rings is 1. The molecule has 0 amide bonds. The molecule has 1 atom stereocenters. The highest BCUT2D eigenvalue weighted by atomic mass is 35.5. The largest absolute Gasteiger partial charge is 0.285 e. The maximum Gasteiger partial charge on any atom is 0.138 e. The van der Waals surface area contributed by atoms with E-state index < -0.39 is 0 Å². The molecule has 0 saturated heterocycles. The van der Waals surface area contributed by atoms with Crippen LogP contribution in [0.1, 0.15) is 24.1 Å². The Hall–Kier alpha value is -2.19. The molecule has 21 heavy (non-hydrogen) atoms. The maximum atomic E-state index is 6.23. The monoisotopic (exact) mass is 294 g/mol. The lowest BCUT2D eigenvalue weighted by atomic mass is 10.1. The van der Waals surface area contributed by atoms with E-state index in [1.807, 2.05) is 48.5 Å². The highest BCUT2D eigenvalue weighted by Gasteiger charge is 2.04. The first-order chi connectivity index (χ1) is 10.2. The molecule has 0 fully saturated rings. The van der Waals surface area contributed by atoms with E-state index in [1.165, 1.54) is 5.56 Å². The molecule has 0 aliphatic heterocycles. The van der Waals surface area contributed by atoms with Crippen molar-refractivity contribution in [3.8, 4) is 0 Å². The Bertz CT molecular complexity index is 782. The second kappa shape index (κ2) is 6.06. The number of aliphatic imine (C=N–C) groups is 1. The van der Waals surface area contributed by atoms with Gasteiger partial charge in [-0.25, -0.2) is 4.98 Å². The van der Waals surface area contributed by atoms with Gasteiger partial charge in [0.05, 0.1) is 11.6 Å². The van der Waals surface area contributed by atoms with Gasteiger partial charge >= 0.3 is 0 Å². The van der Waals surface area contributed by atoms with Gasteiger partial charge in [0, 0.05) is 17.2 Å². The van der Waals surface area contributed by atoms with E-state index in [9.17, 15) is 0 Å². The summed E-state index contributed by atoms with van der Waals surface area (Å²) in [5.74, 6) is 0. The van der Waals surface area contributed by atoms with E-state index in [0.29, 0.717) is 5.15 Å². The number of rotatable bonds is 3. The van der Waals surface area contributed by atoms with Crippen LogP contribution < -0.4 is 0 Å².